The van der Waals surface area contributed by atoms with E-state index < -0.39 is 0 Å². The minimum atomic E-state index is 0.215. The molecule has 0 aromatic carbocycles. The fourth-order valence-corrected chi connectivity index (χ4v) is 1.79. The fourth-order valence-electron chi connectivity index (χ4n) is 1.79. The second kappa shape index (κ2) is 8.07. The van der Waals surface area contributed by atoms with E-state index in [0.717, 1.165) is 12.0 Å². The van der Waals surface area contributed by atoms with Gasteiger partial charge in [0, 0.05) is 18.3 Å². The van der Waals surface area contributed by atoms with E-state index in [1.54, 1.807) is 6.20 Å². The Labute approximate surface area is 104 Å². The summed E-state index contributed by atoms with van der Waals surface area (Å²) in [6, 6.07) is 3.85. The molecule has 0 aliphatic heterocycles. The number of pyridine rings is 1. The molecule has 17 heavy (non-hydrogen) atoms. The molecule has 96 valence electrons. The highest BCUT2D eigenvalue weighted by molar-refractivity contribution is 5.25. The summed E-state index contributed by atoms with van der Waals surface area (Å²) in [4.78, 5) is 4.23. The Bertz CT molecular complexity index is 315. The summed E-state index contributed by atoms with van der Waals surface area (Å²) in [6.07, 6.45) is 8.14. The smallest absolute Gasteiger partial charge is 0.218 e. The van der Waals surface area contributed by atoms with Crippen molar-refractivity contribution in [1.82, 2.24) is 4.98 Å². The molecular weight excluding hydrogens is 212 g/mol. The van der Waals surface area contributed by atoms with Crippen molar-refractivity contribution in [3.05, 3.63) is 23.9 Å². The zero-order valence-electron chi connectivity index (χ0n) is 11.0. The third-order valence-electron chi connectivity index (χ3n) is 2.85. The number of unbranched alkanes of at least 4 members (excludes halogenated alkanes) is 3. The van der Waals surface area contributed by atoms with Crippen LogP contribution in [0.5, 0.6) is 5.88 Å². The minimum Gasteiger partial charge on any atom is -0.474 e. The van der Waals surface area contributed by atoms with Crippen LogP contribution in [0, 0.1) is 0 Å². The van der Waals surface area contributed by atoms with E-state index >= 15 is 0 Å². The molecule has 3 heteroatoms. The van der Waals surface area contributed by atoms with Crippen molar-refractivity contribution in [3.63, 3.8) is 0 Å². The van der Waals surface area contributed by atoms with Crippen molar-refractivity contribution in [2.45, 2.75) is 58.6 Å². The van der Waals surface area contributed by atoms with Crippen molar-refractivity contribution < 1.29 is 4.74 Å². The lowest BCUT2D eigenvalue weighted by molar-refractivity contribution is 0.196. The Morgan fingerprint density at radius 2 is 2.18 bits per heavy atom. The van der Waals surface area contributed by atoms with Gasteiger partial charge in [-0.15, -0.1) is 0 Å². The summed E-state index contributed by atoms with van der Waals surface area (Å²) in [5.74, 6) is 0.693. The number of ether oxygens (including phenoxy) is 1. The van der Waals surface area contributed by atoms with Gasteiger partial charge in [0.15, 0.2) is 0 Å². The van der Waals surface area contributed by atoms with Crippen LogP contribution in [0.1, 0.15) is 51.5 Å². The first-order valence-electron chi connectivity index (χ1n) is 6.58. The number of aromatic nitrogens is 1. The Hall–Kier alpha value is -1.09. The molecule has 1 aromatic heterocycles. The van der Waals surface area contributed by atoms with Gasteiger partial charge in [0.2, 0.25) is 5.88 Å². The molecule has 0 spiro atoms. The number of hydrogen-bond acceptors (Lipinski definition) is 3. The van der Waals surface area contributed by atoms with Crippen LogP contribution in [0.3, 0.4) is 0 Å². The monoisotopic (exact) mass is 236 g/mol. The van der Waals surface area contributed by atoms with Crippen molar-refractivity contribution in [1.29, 1.82) is 0 Å². The standard InChI is InChI=1S/C14H24N2O/c1-3-4-5-6-8-12(2)17-14-13(11-15)9-7-10-16-14/h7,9-10,12H,3-6,8,11,15H2,1-2H3. The molecule has 0 saturated heterocycles. The molecule has 1 heterocycles. The van der Waals surface area contributed by atoms with E-state index in [2.05, 4.69) is 18.8 Å². The number of nitrogens with two attached hydrogens (primary N) is 1. The third kappa shape index (κ3) is 5.18. The molecule has 1 rings (SSSR count). The highest BCUT2D eigenvalue weighted by Crippen LogP contribution is 2.17. The van der Waals surface area contributed by atoms with Gasteiger partial charge in [0.05, 0.1) is 6.10 Å². The highest BCUT2D eigenvalue weighted by atomic mass is 16.5. The molecule has 0 radical (unpaired) electrons. The van der Waals surface area contributed by atoms with Crippen molar-refractivity contribution in [3.8, 4) is 5.88 Å². The lowest BCUT2D eigenvalue weighted by Crippen LogP contribution is -2.14. The molecule has 0 aliphatic rings. The molecule has 1 atom stereocenters. The first kappa shape index (κ1) is 14.0. The Morgan fingerprint density at radius 1 is 1.35 bits per heavy atom. The Kier molecular flexibility index (Phi) is 6.63. The molecule has 0 fully saturated rings. The molecule has 0 aliphatic carbocycles. The second-order valence-corrected chi connectivity index (χ2v) is 4.45. The van der Waals surface area contributed by atoms with Gasteiger partial charge in [-0.2, -0.15) is 0 Å². The zero-order valence-corrected chi connectivity index (χ0v) is 11.0. The summed E-state index contributed by atoms with van der Waals surface area (Å²) in [7, 11) is 0. The van der Waals surface area contributed by atoms with Gasteiger partial charge >= 0.3 is 0 Å². The van der Waals surface area contributed by atoms with Gasteiger partial charge in [-0.1, -0.05) is 32.3 Å². The quantitative estimate of drug-likeness (QED) is 0.705. The predicted molar refractivity (Wildman–Crippen MR) is 71.0 cm³/mol. The summed E-state index contributed by atoms with van der Waals surface area (Å²) in [6.45, 7) is 4.80. The minimum absolute atomic E-state index is 0.215. The van der Waals surface area contributed by atoms with E-state index in [1.165, 1.54) is 25.7 Å². The van der Waals surface area contributed by atoms with Gasteiger partial charge in [-0.3, -0.25) is 0 Å². The molecule has 1 unspecified atom stereocenters. The number of hydrogen-bond donors (Lipinski definition) is 1. The molecule has 0 saturated carbocycles. The molecule has 0 bridgehead atoms. The number of nitrogens with zero attached hydrogens (tertiary/aromatic N) is 1. The maximum absolute atomic E-state index is 5.83. The van der Waals surface area contributed by atoms with Crippen LogP contribution in [-0.4, -0.2) is 11.1 Å². The summed E-state index contributed by atoms with van der Waals surface area (Å²) in [5.41, 5.74) is 6.63. The van der Waals surface area contributed by atoms with Crippen LogP contribution in [0.2, 0.25) is 0 Å². The summed E-state index contributed by atoms with van der Waals surface area (Å²) >= 11 is 0. The van der Waals surface area contributed by atoms with Gasteiger partial charge in [-0.25, -0.2) is 4.98 Å². The Morgan fingerprint density at radius 3 is 2.88 bits per heavy atom. The lowest BCUT2D eigenvalue weighted by atomic mass is 10.1. The van der Waals surface area contributed by atoms with Crippen molar-refractivity contribution in [2.75, 3.05) is 0 Å². The van der Waals surface area contributed by atoms with Gasteiger partial charge in [0.25, 0.3) is 0 Å². The van der Waals surface area contributed by atoms with E-state index in [1.807, 2.05) is 12.1 Å². The van der Waals surface area contributed by atoms with Crippen LogP contribution in [-0.2, 0) is 6.54 Å². The van der Waals surface area contributed by atoms with Crippen molar-refractivity contribution in [2.24, 2.45) is 5.73 Å². The molecule has 3 nitrogen and oxygen atoms in total. The van der Waals surface area contributed by atoms with Crippen molar-refractivity contribution >= 4 is 0 Å². The lowest BCUT2D eigenvalue weighted by Gasteiger charge is -2.15. The first-order chi connectivity index (χ1) is 8.27. The summed E-state index contributed by atoms with van der Waals surface area (Å²) in [5, 5.41) is 0. The highest BCUT2D eigenvalue weighted by Gasteiger charge is 2.08. The van der Waals surface area contributed by atoms with E-state index in [4.69, 9.17) is 10.5 Å². The van der Waals surface area contributed by atoms with Crippen LogP contribution in [0.4, 0.5) is 0 Å². The average Bonchev–Trinajstić information content (AvgIpc) is 2.35. The van der Waals surface area contributed by atoms with E-state index in [0.29, 0.717) is 12.4 Å². The van der Waals surface area contributed by atoms with Crippen LogP contribution in [0.25, 0.3) is 0 Å². The maximum atomic E-state index is 5.83. The van der Waals surface area contributed by atoms with Crippen LogP contribution >= 0.6 is 0 Å². The maximum Gasteiger partial charge on any atom is 0.218 e. The zero-order chi connectivity index (χ0) is 12.5. The largest absolute Gasteiger partial charge is 0.474 e. The van der Waals surface area contributed by atoms with Gasteiger partial charge < -0.3 is 10.5 Å². The second-order valence-electron chi connectivity index (χ2n) is 4.45. The SMILES string of the molecule is CCCCCCC(C)Oc1ncccc1CN. The van der Waals surface area contributed by atoms with Gasteiger partial charge in [0.1, 0.15) is 0 Å². The molecule has 1 aromatic rings. The topological polar surface area (TPSA) is 48.1 Å². The first-order valence-corrected chi connectivity index (χ1v) is 6.58. The van der Waals surface area contributed by atoms with E-state index in [-0.39, 0.29) is 6.10 Å². The molecule has 2 N–H and O–H groups in total. The van der Waals surface area contributed by atoms with E-state index in [9.17, 15) is 0 Å². The fraction of sp³-hybridized carbons (Fsp3) is 0.643. The normalized spacial score (nSPS) is 12.4. The third-order valence-corrected chi connectivity index (χ3v) is 2.85. The Balaban J connectivity index is 2.36. The molecule has 0 amide bonds. The molecular formula is C14H24N2O. The summed E-state index contributed by atoms with van der Waals surface area (Å²) < 4.78 is 5.83. The van der Waals surface area contributed by atoms with Crippen LogP contribution < -0.4 is 10.5 Å². The predicted octanol–water partition coefficient (Wildman–Crippen LogP) is 3.28. The number of rotatable bonds is 8. The van der Waals surface area contributed by atoms with Crippen LogP contribution in [0.15, 0.2) is 18.3 Å². The average molecular weight is 236 g/mol. The van der Waals surface area contributed by atoms with Gasteiger partial charge in [-0.05, 0) is 25.8 Å².